The summed E-state index contributed by atoms with van der Waals surface area (Å²) in [6, 6.07) is 19.5. The highest BCUT2D eigenvalue weighted by Gasteiger charge is 2.31. The minimum atomic E-state index is -3.74. The number of para-hydroxylation sites is 1. The van der Waals surface area contributed by atoms with E-state index in [1.165, 1.54) is 0 Å². The number of sulfonamides is 2. The first-order chi connectivity index (χ1) is 19.8. The largest absolute Gasteiger partial charge is 0.278 e. The summed E-state index contributed by atoms with van der Waals surface area (Å²) in [7, 11) is -7.48. The second-order valence-corrected chi connectivity index (χ2v) is 14.7. The van der Waals surface area contributed by atoms with Crippen LogP contribution in [0.25, 0.3) is 11.1 Å². The van der Waals surface area contributed by atoms with Gasteiger partial charge in [0.2, 0.25) is 20.0 Å². The maximum atomic E-state index is 13.4. The molecule has 216 valence electrons. The van der Waals surface area contributed by atoms with Crippen LogP contribution in [0.3, 0.4) is 0 Å². The molecule has 0 unspecified atom stereocenters. The smallest absolute Gasteiger partial charge is 0.240 e. The molecule has 2 saturated carbocycles. The van der Waals surface area contributed by atoms with Crippen LogP contribution in [0.2, 0.25) is 0 Å². The third-order valence-electron chi connectivity index (χ3n) is 8.33. The van der Waals surface area contributed by atoms with Crippen LogP contribution in [0.5, 0.6) is 0 Å². The number of rotatable bonds is 8. The van der Waals surface area contributed by atoms with Gasteiger partial charge in [0.25, 0.3) is 0 Å². The van der Waals surface area contributed by atoms with E-state index in [2.05, 4.69) is 14.9 Å². The molecule has 3 aromatic rings. The molecule has 0 atom stereocenters. The molecule has 3 N–H and O–H groups in total. The van der Waals surface area contributed by atoms with E-state index in [9.17, 15) is 16.8 Å². The number of hydrogen-bond donors (Lipinski definition) is 3. The van der Waals surface area contributed by atoms with Crippen LogP contribution < -0.4 is 14.9 Å². The predicted octanol–water partition coefficient (Wildman–Crippen LogP) is 5.75. The van der Waals surface area contributed by atoms with Crippen molar-refractivity contribution in [2.45, 2.75) is 86.1 Å². The normalized spacial score (nSPS) is 18.1. The van der Waals surface area contributed by atoms with Crippen LogP contribution in [-0.4, -0.2) is 34.6 Å². The molecule has 3 aliphatic carbocycles. The van der Waals surface area contributed by atoms with E-state index in [4.69, 9.17) is 5.10 Å². The molecule has 10 heteroatoms. The van der Waals surface area contributed by atoms with Gasteiger partial charge in [-0.15, -0.1) is 0 Å². The Morgan fingerprint density at radius 3 is 1.49 bits per heavy atom. The van der Waals surface area contributed by atoms with Gasteiger partial charge in [-0.1, -0.05) is 68.9 Å². The van der Waals surface area contributed by atoms with Crippen molar-refractivity contribution in [3.63, 3.8) is 0 Å². The lowest BCUT2D eigenvalue weighted by atomic mass is 9.96. The maximum absolute atomic E-state index is 13.4. The number of benzene rings is 3. The fraction of sp³-hybridized carbons (Fsp3) is 0.387. The fourth-order valence-corrected chi connectivity index (χ4v) is 8.82. The monoisotopic (exact) mass is 592 g/mol. The molecule has 3 aliphatic rings. The van der Waals surface area contributed by atoms with E-state index < -0.39 is 20.0 Å². The van der Waals surface area contributed by atoms with Crippen LogP contribution in [-0.2, 0) is 20.0 Å². The third kappa shape index (κ3) is 6.11. The van der Waals surface area contributed by atoms with Crippen LogP contribution >= 0.6 is 0 Å². The first-order valence-electron chi connectivity index (χ1n) is 14.5. The summed E-state index contributed by atoms with van der Waals surface area (Å²) >= 11 is 0. The summed E-state index contributed by atoms with van der Waals surface area (Å²) in [5, 5.41) is 4.69. The number of fused-ring (bicyclic) bond motifs is 3. The minimum Gasteiger partial charge on any atom is -0.278 e. The molecule has 0 radical (unpaired) electrons. The number of anilines is 1. The van der Waals surface area contributed by atoms with Crippen molar-refractivity contribution in [3.8, 4) is 11.1 Å². The summed E-state index contributed by atoms with van der Waals surface area (Å²) in [4.78, 5) is 0.350. The lowest BCUT2D eigenvalue weighted by molar-refractivity contribution is 0.412. The Morgan fingerprint density at radius 1 is 0.561 bits per heavy atom. The summed E-state index contributed by atoms with van der Waals surface area (Å²) in [5.74, 6) is 0. The van der Waals surface area contributed by atoms with Crippen molar-refractivity contribution in [2.24, 2.45) is 5.10 Å². The molecule has 3 aromatic carbocycles. The van der Waals surface area contributed by atoms with Crippen LogP contribution in [0.1, 0.15) is 75.3 Å². The highest BCUT2D eigenvalue weighted by atomic mass is 32.2. The van der Waals surface area contributed by atoms with Crippen molar-refractivity contribution in [1.82, 2.24) is 9.44 Å². The second-order valence-electron chi connectivity index (χ2n) is 11.3. The summed E-state index contributed by atoms with van der Waals surface area (Å²) in [5.41, 5.74) is 7.26. The van der Waals surface area contributed by atoms with Crippen molar-refractivity contribution in [2.75, 3.05) is 5.43 Å². The maximum Gasteiger partial charge on any atom is 0.240 e. The first kappa shape index (κ1) is 28.1. The van der Waals surface area contributed by atoms with Gasteiger partial charge in [0, 0.05) is 23.2 Å². The number of hydrogen-bond acceptors (Lipinski definition) is 6. The molecule has 2 fully saturated rings. The molecule has 6 rings (SSSR count). The van der Waals surface area contributed by atoms with Crippen LogP contribution in [0.15, 0.2) is 81.6 Å². The van der Waals surface area contributed by atoms with E-state index in [-0.39, 0.29) is 21.9 Å². The minimum absolute atomic E-state index is 0.0588. The van der Waals surface area contributed by atoms with E-state index in [0.29, 0.717) is 16.8 Å². The molecule has 0 aliphatic heterocycles. The van der Waals surface area contributed by atoms with Crippen molar-refractivity contribution >= 4 is 31.4 Å². The van der Waals surface area contributed by atoms with Crippen molar-refractivity contribution in [1.29, 1.82) is 0 Å². The molecule has 0 bridgehead atoms. The topological polar surface area (TPSA) is 117 Å². The van der Waals surface area contributed by atoms with Gasteiger partial charge in [0.1, 0.15) is 0 Å². The Labute approximate surface area is 242 Å². The quantitative estimate of drug-likeness (QED) is 0.225. The first-order valence-corrected chi connectivity index (χ1v) is 17.5. The molecule has 0 spiro atoms. The molecule has 0 amide bonds. The zero-order chi connectivity index (χ0) is 28.5. The van der Waals surface area contributed by atoms with E-state index in [1.54, 1.807) is 36.4 Å². The summed E-state index contributed by atoms with van der Waals surface area (Å²) in [6.07, 6.45) is 9.74. The van der Waals surface area contributed by atoms with Gasteiger partial charge in [0.05, 0.1) is 21.2 Å². The van der Waals surface area contributed by atoms with E-state index in [0.717, 1.165) is 81.0 Å². The second kappa shape index (κ2) is 11.7. The van der Waals surface area contributed by atoms with Gasteiger partial charge in [-0.3, -0.25) is 5.43 Å². The van der Waals surface area contributed by atoms with Crippen molar-refractivity contribution in [3.05, 3.63) is 77.9 Å². The Balaban J connectivity index is 1.37. The standard InChI is InChI=1S/C31H36N4O4S2/c36-40(37,34-23-12-6-2-7-13-23)25-16-18-27-28-19-17-26(41(38,39)35-24-14-8-3-9-15-24)21-30(28)31(29(27)20-25)33-32-22-10-4-1-5-11-22/h1,4-5,10-11,16-21,23-24,32,34-35H,2-3,6-9,12-15H2. The lowest BCUT2D eigenvalue weighted by Gasteiger charge is -2.22. The zero-order valence-corrected chi connectivity index (χ0v) is 24.6. The SMILES string of the molecule is O=S(=O)(NC1CCCCC1)c1ccc2c(c1)C(=NNc1ccccc1)c1cc(S(=O)(=O)NC3CCCCC3)ccc1-2. The average molecular weight is 593 g/mol. The molecule has 0 heterocycles. The highest BCUT2D eigenvalue weighted by Crippen LogP contribution is 2.39. The molecular weight excluding hydrogens is 556 g/mol. The van der Waals surface area contributed by atoms with Gasteiger partial charge in [0.15, 0.2) is 0 Å². The molecule has 0 aromatic heterocycles. The summed E-state index contributed by atoms with van der Waals surface area (Å²) < 4.78 is 59.3. The third-order valence-corrected chi connectivity index (χ3v) is 11.4. The zero-order valence-electron chi connectivity index (χ0n) is 23.0. The molecule has 41 heavy (non-hydrogen) atoms. The summed E-state index contributed by atoms with van der Waals surface area (Å²) in [6.45, 7) is 0. The Hall–Kier alpha value is -3.05. The van der Waals surface area contributed by atoms with Gasteiger partial charge in [-0.2, -0.15) is 5.10 Å². The van der Waals surface area contributed by atoms with Gasteiger partial charge in [-0.05, 0) is 73.2 Å². The van der Waals surface area contributed by atoms with Crippen LogP contribution in [0.4, 0.5) is 5.69 Å². The Morgan fingerprint density at radius 2 is 1.02 bits per heavy atom. The van der Waals surface area contributed by atoms with Gasteiger partial charge in [-0.25, -0.2) is 26.3 Å². The Bertz CT molecular complexity index is 1560. The molecule has 0 saturated heterocycles. The average Bonchev–Trinajstić information content (AvgIpc) is 3.29. The Kier molecular flexibility index (Phi) is 8.00. The lowest BCUT2D eigenvalue weighted by Crippen LogP contribution is -2.36. The predicted molar refractivity (Wildman–Crippen MR) is 162 cm³/mol. The van der Waals surface area contributed by atoms with Crippen molar-refractivity contribution < 1.29 is 16.8 Å². The van der Waals surface area contributed by atoms with E-state index in [1.807, 2.05) is 30.3 Å². The van der Waals surface area contributed by atoms with Gasteiger partial charge < -0.3 is 0 Å². The fourth-order valence-electron chi connectivity index (χ4n) is 6.16. The molecular formula is C31H36N4O4S2. The number of nitrogens with one attached hydrogen (secondary N) is 3. The van der Waals surface area contributed by atoms with Gasteiger partial charge >= 0.3 is 0 Å². The highest BCUT2D eigenvalue weighted by molar-refractivity contribution is 7.89. The van der Waals surface area contributed by atoms with Crippen LogP contribution in [0, 0.1) is 0 Å². The number of nitrogens with zero attached hydrogens (tertiary/aromatic N) is 1. The number of hydrazone groups is 1. The molecule has 8 nitrogen and oxygen atoms in total. The van der Waals surface area contributed by atoms with E-state index >= 15 is 0 Å².